The standard InChI is InChI=1S/C11H9BrF4O/c12-5-8(17)4-7-3-6(10(13)14)1-2-9(7)11(15)16/h1-3,10-11H,4-5H2. The molecule has 0 N–H and O–H groups in total. The zero-order valence-electron chi connectivity index (χ0n) is 8.60. The molecule has 0 radical (unpaired) electrons. The molecule has 1 nitrogen and oxygen atoms in total. The second kappa shape index (κ2) is 6.14. The van der Waals surface area contributed by atoms with E-state index in [0.717, 1.165) is 18.2 Å². The molecule has 0 saturated heterocycles. The van der Waals surface area contributed by atoms with Crippen LogP contribution in [0.4, 0.5) is 17.6 Å². The minimum absolute atomic E-state index is 0.00852. The lowest BCUT2D eigenvalue weighted by Crippen LogP contribution is -2.07. The van der Waals surface area contributed by atoms with Crippen LogP contribution >= 0.6 is 15.9 Å². The van der Waals surface area contributed by atoms with E-state index in [1.165, 1.54) is 0 Å². The molecule has 0 aliphatic heterocycles. The van der Waals surface area contributed by atoms with Crippen molar-refractivity contribution in [2.24, 2.45) is 0 Å². The predicted molar refractivity (Wildman–Crippen MR) is 58.9 cm³/mol. The van der Waals surface area contributed by atoms with Crippen molar-refractivity contribution < 1.29 is 22.4 Å². The molecule has 0 atom stereocenters. The van der Waals surface area contributed by atoms with Crippen LogP contribution in [-0.4, -0.2) is 11.1 Å². The maximum Gasteiger partial charge on any atom is 0.264 e. The first-order valence-corrected chi connectivity index (χ1v) is 5.84. The topological polar surface area (TPSA) is 17.1 Å². The number of ketones is 1. The van der Waals surface area contributed by atoms with E-state index in [2.05, 4.69) is 15.9 Å². The Kier molecular flexibility index (Phi) is 5.11. The van der Waals surface area contributed by atoms with E-state index in [9.17, 15) is 22.4 Å². The maximum absolute atomic E-state index is 12.6. The molecule has 0 aliphatic carbocycles. The van der Waals surface area contributed by atoms with Gasteiger partial charge in [-0.05, 0) is 11.6 Å². The lowest BCUT2D eigenvalue weighted by atomic mass is 10.00. The molecule has 0 bridgehead atoms. The number of benzene rings is 1. The zero-order valence-corrected chi connectivity index (χ0v) is 10.2. The molecule has 6 heteroatoms. The van der Waals surface area contributed by atoms with Crippen LogP contribution in [0.3, 0.4) is 0 Å². The smallest absolute Gasteiger partial charge is 0.264 e. The normalized spacial score (nSPS) is 11.2. The number of carbonyl (C=O) groups is 1. The van der Waals surface area contributed by atoms with E-state index in [1.807, 2.05) is 0 Å². The first kappa shape index (κ1) is 14.2. The highest BCUT2D eigenvalue weighted by molar-refractivity contribution is 9.09. The Bertz CT molecular complexity index is 406. The van der Waals surface area contributed by atoms with Gasteiger partial charge in [-0.3, -0.25) is 4.79 Å². The Hall–Kier alpha value is -0.910. The number of hydrogen-bond acceptors (Lipinski definition) is 1. The third-order valence-electron chi connectivity index (χ3n) is 2.19. The van der Waals surface area contributed by atoms with Crippen LogP contribution in [0.25, 0.3) is 0 Å². The summed E-state index contributed by atoms with van der Waals surface area (Å²) >= 11 is 2.90. The van der Waals surface area contributed by atoms with Crippen LogP contribution < -0.4 is 0 Å². The fourth-order valence-electron chi connectivity index (χ4n) is 1.39. The average Bonchev–Trinajstić information content (AvgIpc) is 2.28. The molecular formula is C11H9BrF4O. The van der Waals surface area contributed by atoms with Crippen LogP contribution in [0.2, 0.25) is 0 Å². The number of alkyl halides is 5. The molecule has 0 aliphatic rings. The summed E-state index contributed by atoms with van der Waals surface area (Å²) in [5.41, 5.74) is -0.766. The number of rotatable bonds is 5. The summed E-state index contributed by atoms with van der Waals surface area (Å²) in [7, 11) is 0. The Morgan fingerprint density at radius 3 is 2.29 bits per heavy atom. The SMILES string of the molecule is O=C(CBr)Cc1cc(C(F)F)ccc1C(F)F. The van der Waals surface area contributed by atoms with Gasteiger partial charge in [0.25, 0.3) is 12.9 Å². The summed E-state index contributed by atoms with van der Waals surface area (Å²) in [5, 5.41) is 0.00852. The molecular weight excluding hydrogens is 304 g/mol. The van der Waals surface area contributed by atoms with Crippen molar-refractivity contribution in [3.63, 3.8) is 0 Å². The van der Waals surface area contributed by atoms with E-state index in [-0.39, 0.29) is 34.2 Å². The minimum atomic E-state index is -2.78. The van der Waals surface area contributed by atoms with Crippen molar-refractivity contribution in [2.75, 3.05) is 5.33 Å². The van der Waals surface area contributed by atoms with Gasteiger partial charge in [0.15, 0.2) is 0 Å². The second-order valence-corrected chi connectivity index (χ2v) is 3.97. The largest absolute Gasteiger partial charge is 0.298 e. The van der Waals surface area contributed by atoms with E-state index < -0.39 is 12.9 Å². The van der Waals surface area contributed by atoms with E-state index >= 15 is 0 Å². The summed E-state index contributed by atoms with van der Waals surface area (Å²) < 4.78 is 50.0. The highest BCUT2D eigenvalue weighted by Gasteiger charge is 2.17. The maximum atomic E-state index is 12.6. The van der Waals surface area contributed by atoms with Gasteiger partial charge in [-0.1, -0.05) is 28.1 Å². The van der Waals surface area contributed by atoms with Crippen LogP contribution in [0, 0.1) is 0 Å². The molecule has 17 heavy (non-hydrogen) atoms. The van der Waals surface area contributed by atoms with Gasteiger partial charge in [-0.15, -0.1) is 0 Å². The predicted octanol–water partition coefficient (Wildman–Crippen LogP) is 4.07. The molecule has 1 aromatic rings. The molecule has 0 spiro atoms. The molecule has 0 saturated carbocycles. The van der Waals surface area contributed by atoms with Gasteiger partial charge < -0.3 is 0 Å². The minimum Gasteiger partial charge on any atom is -0.298 e. The van der Waals surface area contributed by atoms with E-state index in [4.69, 9.17) is 0 Å². The van der Waals surface area contributed by atoms with Crippen molar-refractivity contribution in [3.05, 3.63) is 34.9 Å². The van der Waals surface area contributed by atoms with Gasteiger partial charge in [0, 0.05) is 17.5 Å². The monoisotopic (exact) mass is 312 g/mol. The van der Waals surface area contributed by atoms with Crippen molar-refractivity contribution in [1.82, 2.24) is 0 Å². The van der Waals surface area contributed by atoms with Gasteiger partial charge in [0.05, 0.1) is 5.33 Å². The summed E-state index contributed by atoms with van der Waals surface area (Å²) in [5.74, 6) is -0.335. The van der Waals surface area contributed by atoms with E-state index in [0.29, 0.717) is 0 Å². The molecule has 1 rings (SSSR count). The van der Waals surface area contributed by atoms with Crippen molar-refractivity contribution in [3.8, 4) is 0 Å². The molecule has 94 valence electrons. The summed E-state index contributed by atoms with van der Waals surface area (Å²) in [6, 6.07) is 2.87. The van der Waals surface area contributed by atoms with Crippen LogP contribution in [0.15, 0.2) is 18.2 Å². The van der Waals surface area contributed by atoms with Crippen LogP contribution in [-0.2, 0) is 11.2 Å². The van der Waals surface area contributed by atoms with Crippen LogP contribution in [0.5, 0.6) is 0 Å². The Balaban J connectivity index is 3.11. The van der Waals surface area contributed by atoms with Crippen molar-refractivity contribution >= 4 is 21.7 Å². The fraction of sp³-hybridized carbons (Fsp3) is 0.364. The lowest BCUT2D eigenvalue weighted by molar-refractivity contribution is -0.115. The van der Waals surface area contributed by atoms with Gasteiger partial charge >= 0.3 is 0 Å². The number of Topliss-reactive ketones (excluding diaryl/α,β-unsaturated/α-hetero) is 1. The zero-order chi connectivity index (χ0) is 13.0. The van der Waals surface area contributed by atoms with Gasteiger partial charge in [0.1, 0.15) is 5.78 Å². The summed E-state index contributed by atoms with van der Waals surface area (Å²) in [4.78, 5) is 11.2. The highest BCUT2D eigenvalue weighted by atomic mass is 79.9. The molecule has 0 fully saturated rings. The average molecular weight is 313 g/mol. The molecule has 0 heterocycles. The van der Waals surface area contributed by atoms with Gasteiger partial charge in [-0.2, -0.15) is 0 Å². The number of carbonyl (C=O) groups excluding carboxylic acids is 1. The first-order chi connectivity index (χ1) is 7.95. The van der Waals surface area contributed by atoms with Crippen molar-refractivity contribution in [2.45, 2.75) is 19.3 Å². The third-order valence-corrected chi connectivity index (χ3v) is 2.82. The highest BCUT2D eigenvalue weighted by Crippen LogP contribution is 2.28. The number of halogens is 5. The molecule has 1 aromatic carbocycles. The fourth-order valence-corrected chi connectivity index (χ4v) is 1.59. The Morgan fingerprint density at radius 2 is 1.82 bits per heavy atom. The number of hydrogen-bond donors (Lipinski definition) is 0. The molecule has 0 unspecified atom stereocenters. The summed E-state index contributed by atoms with van der Waals surface area (Å²) in [6.07, 6.45) is -5.79. The second-order valence-electron chi connectivity index (χ2n) is 3.41. The van der Waals surface area contributed by atoms with Gasteiger partial charge in [-0.25, -0.2) is 17.6 Å². The quantitative estimate of drug-likeness (QED) is 0.591. The van der Waals surface area contributed by atoms with Crippen LogP contribution in [0.1, 0.15) is 29.5 Å². The summed E-state index contributed by atoms with van der Waals surface area (Å²) in [6.45, 7) is 0. The van der Waals surface area contributed by atoms with E-state index in [1.54, 1.807) is 0 Å². The van der Waals surface area contributed by atoms with Gasteiger partial charge in [0.2, 0.25) is 0 Å². The first-order valence-electron chi connectivity index (χ1n) is 4.72. The van der Waals surface area contributed by atoms with Crippen molar-refractivity contribution in [1.29, 1.82) is 0 Å². The lowest BCUT2D eigenvalue weighted by Gasteiger charge is -2.10. The molecule has 0 amide bonds. The molecule has 0 aromatic heterocycles. The Labute approximate surface area is 104 Å². The third kappa shape index (κ3) is 3.80. The Morgan fingerprint density at radius 1 is 1.18 bits per heavy atom.